The van der Waals surface area contributed by atoms with E-state index in [4.69, 9.17) is 19.4 Å². The average molecular weight is 443 g/mol. The van der Waals surface area contributed by atoms with E-state index in [-0.39, 0.29) is 18.1 Å². The number of aryl methyl sites for hydroxylation is 1. The molecule has 1 fully saturated rings. The van der Waals surface area contributed by atoms with Crippen molar-refractivity contribution in [3.8, 4) is 0 Å². The van der Waals surface area contributed by atoms with Crippen LogP contribution in [0.4, 0.5) is 11.8 Å². The van der Waals surface area contributed by atoms with Gasteiger partial charge in [-0.15, -0.1) is 0 Å². The molecule has 2 aromatic heterocycles. The highest BCUT2D eigenvalue weighted by Crippen LogP contribution is 2.26. The Morgan fingerprint density at radius 3 is 2.59 bits per heavy atom. The van der Waals surface area contributed by atoms with Gasteiger partial charge in [-0.1, -0.05) is 6.92 Å². The Bertz CT molecular complexity index is 912. The van der Waals surface area contributed by atoms with E-state index in [0.29, 0.717) is 18.9 Å². The van der Waals surface area contributed by atoms with Crippen molar-refractivity contribution in [2.45, 2.75) is 72.3 Å². The number of hydrogen-bond donors (Lipinski definition) is 0. The summed E-state index contributed by atoms with van der Waals surface area (Å²) >= 11 is 0. The van der Waals surface area contributed by atoms with Gasteiger partial charge in [0.05, 0.1) is 12.3 Å². The first-order chi connectivity index (χ1) is 15.3. The Kier molecular flexibility index (Phi) is 7.95. The lowest BCUT2D eigenvalue weighted by molar-refractivity contribution is -0.149. The van der Waals surface area contributed by atoms with Crippen LogP contribution in [-0.4, -0.2) is 58.2 Å². The van der Waals surface area contributed by atoms with Crippen molar-refractivity contribution >= 4 is 17.7 Å². The number of rotatable bonds is 8. The van der Waals surface area contributed by atoms with Gasteiger partial charge >= 0.3 is 5.97 Å². The van der Waals surface area contributed by atoms with Crippen LogP contribution in [0, 0.1) is 6.92 Å². The van der Waals surface area contributed by atoms with Crippen molar-refractivity contribution in [2.24, 2.45) is 0 Å². The molecular formula is C23H34N6O3. The molecule has 1 aliphatic rings. The fourth-order valence-corrected chi connectivity index (χ4v) is 4.13. The van der Waals surface area contributed by atoms with E-state index in [2.05, 4.69) is 33.6 Å². The van der Waals surface area contributed by atoms with Crippen LogP contribution < -0.4 is 9.80 Å². The van der Waals surface area contributed by atoms with Crippen LogP contribution >= 0.6 is 0 Å². The molecule has 9 heteroatoms. The molecule has 3 rings (SSSR count). The number of anilines is 2. The zero-order chi connectivity index (χ0) is 23.3. The average Bonchev–Trinajstić information content (AvgIpc) is 2.73. The second-order valence-electron chi connectivity index (χ2n) is 8.40. The van der Waals surface area contributed by atoms with Gasteiger partial charge in [-0.05, 0) is 46.2 Å². The first kappa shape index (κ1) is 23.8. The van der Waals surface area contributed by atoms with E-state index in [1.54, 1.807) is 13.3 Å². The number of hydrogen-bond acceptors (Lipinski definition) is 9. The smallest absolute Gasteiger partial charge is 0.306 e. The molecule has 0 saturated carbocycles. The summed E-state index contributed by atoms with van der Waals surface area (Å²) in [5.41, 5.74) is 1.81. The minimum atomic E-state index is -0.485. The standard InChI is InChI=1S/C23H34N6O3/c1-7-8-21(30)32-18(5)22-24-10-9-20(27-22)29-16(3)12-28(13-17(29)4)23-25-15(2)11-19(26-23)14-31-6/h9-11,16-18H,7-8,12-14H2,1-6H3/t16-,17+,18-/m1/s1. The second-order valence-corrected chi connectivity index (χ2v) is 8.40. The van der Waals surface area contributed by atoms with Gasteiger partial charge in [-0.25, -0.2) is 19.9 Å². The summed E-state index contributed by atoms with van der Waals surface area (Å²) in [7, 11) is 1.67. The molecule has 3 atom stereocenters. The summed E-state index contributed by atoms with van der Waals surface area (Å²) in [6.07, 6.45) is 2.39. The lowest BCUT2D eigenvalue weighted by Crippen LogP contribution is -2.57. The third kappa shape index (κ3) is 5.70. The number of esters is 1. The molecule has 1 aliphatic heterocycles. The topological polar surface area (TPSA) is 93.6 Å². The van der Waals surface area contributed by atoms with Gasteiger partial charge in [0.25, 0.3) is 0 Å². The van der Waals surface area contributed by atoms with Gasteiger partial charge in [0.15, 0.2) is 11.9 Å². The summed E-state index contributed by atoms with van der Waals surface area (Å²) in [4.78, 5) is 34.8. The highest BCUT2D eigenvalue weighted by atomic mass is 16.5. The van der Waals surface area contributed by atoms with Gasteiger partial charge in [0.1, 0.15) is 5.82 Å². The van der Waals surface area contributed by atoms with E-state index >= 15 is 0 Å². The zero-order valence-corrected chi connectivity index (χ0v) is 19.9. The van der Waals surface area contributed by atoms with Crippen LogP contribution in [-0.2, 0) is 20.9 Å². The number of carbonyl (C=O) groups excluding carboxylic acids is 1. The second kappa shape index (κ2) is 10.7. The molecule has 0 bridgehead atoms. The maximum absolute atomic E-state index is 11.9. The first-order valence-corrected chi connectivity index (χ1v) is 11.2. The Balaban J connectivity index is 1.76. The van der Waals surface area contributed by atoms with Crippen LogP contribution in [0.25, 0.3) is 0 Å². The van der Waals surface area contributed by atoms with Crippen LogP contribution in [0.3, 0.4) is 0 Å². The normalized spacial score (nSPS) is 19.7. The SMILES string of the molecule is CCCC(=O)O[C@H](C)c1nccc(N2[C@H](C)CN(c3nc(C)cc(COC)n3)C[C@@H]2C)n1. The van der Waals surface area contributed by atoms with E-state index in [1.807, 2.05) is 32.9 Å². The summed E-state index contributed by atoms with van der Waals surface area (Å²) in [6, 6.07) is 4.21. The van der Waals surface area contributed by atoms with Crippen LogP contribution in [0.5, 0.6) is 0 Å². The van der Waals surface area contributed by atoms with Crippen molar-refractivity contribution in [2.75, 3.05) is 30.0 Å². The summed E-state index contributed by atoms with van der Waals surface area (Å²) in [5.74, 6) is 1.85. The van der Waals surface area contributed by atoms with Crippen LogP contribution in [0.2, 0.25) is 0 Å². The Hall–Kier alpha value is -2.81. The highest BCUT2D eigenvalue weighted by Gasteiger charge is 2.32. The maximum Gasteiger partial charge on any atom is 0.306 e. The van der Waals surface area contributed by atoms with E-state index < -0.39 is 6.10 Å². The Morgan fingerprint density at radius 1 is 1.22 bits per heavy atom. The molecular weight excluding hydrogens is 408 g/mol. The maximum atomic E-state index is 11.9. The third-order valence-electron chi connectivity index (χ3n) is 5.44. The van der Waals surface area contributed by atoms with E-state index in [0.717, 1.165) is 42.7 Å². The molecule has 0 spiro atoms. The quantitative estimate of drug-likeness (QED) is 0.571. The largest absolute Gasteiger partial charge is 0.454 e. The molecule has 0 radical (unpaired) electrons. The van der Waals surface area contributed by atoms with Crippen LogP contribution in [0.1, 0.15) is 63.9 Å². The molecule has 2 aromatic rings. The predicted octanol–water partition coefficient (Wildman–Crippen LogP) is 3.23. The number of piperazine rings is 1. The van der Waals surface area contributed by atoms with Crippen molar-refractivity contribution in [3.63, 3.8) is 0 Å². The lowest BCUT2D eigenvalue weighted by atomic mass is 10.1. The number of aromatic nitrogens is 4. The minimum absolute atomic E-state index is 0.175. The third-order valence-corrected chi connectivity index (χ3v) is 5.44. The monoisotopic (exact) mass is 442 g/mol. The zero-order valence-electron chi connectivity index (χ0n) is 19.9. The molecule has 174 valence electrons. The molecule has 0 unspecified atom stereocenters. The van der Waals surface area contributed by atoms with Gasteiger partial charge in [-0.3, -0.25) is 4.79 Å². The molecule has 0 N–H and O–H groups in total. The van der Waals surface area contributed by atoms with Gasteiger partial charge in [-0.2, -0.15) is 0 Å². The number of ether oxygens (including phenoxy) is 2. The Morgan fingerprint density at radius 2 is 1.94 bits per heavy atom. The van der Waals surface area contributed by atoms with Crippen molar-refractivity contribution in [3.05, 3.63) is 35.5 Å². The molecule has 0 aromatic carbocycles. The number of methoxy groups -OCH3 is 1. The van der Waals surface area contributed by atoms with E-state index in [1.165, 1.54) is 0 Å². The first-order valence-electron chi connectivity index (χ1n) is 11.2. The van der Waals surface area contributed by atoms with Crippen molar-refractivity contribution < 1.29 is 14.3 Å². The molecule has 1 saturated heterocycles. The molecule has 0 amide bonds. The minimum Gasteiger partial charge on any atom is -0.454 e. The fourth-order valence-electron chi connectivity index (χ4n) is 4.13. The molecule has 3 heterocycles. The van der Waals surface area contributed by atoms with Gasteiger partial charge in [0, 0.05) is 50.6 Å². The van der Waals surface area contributed by atoms with Gasteiger partial charge in [0.2, 0.25) is 5.95 Å². The van der Waals surface area contributed by atoms with Crippen LogP contribution in [0.15, 0.2) is 18.3 Å². The fraction of sp³-hybridized carbons (Fsp3) is 0.609. The van der Waals surface area contributed by atoms with Crippen molar-refractivity contribution in [1.82, 2.24) is 19.9 Å². The predicted molar refractivity (Wildman–Crippen MR) is 123 cm³/mol. The molecule has 9 nitrogen and oxygen atoms in total. The summed E-state index contributed by atoms with van der Waals surface area (Å²) in [6.45, 7) is 12.1. The summed E-state index contributed by atoms with van der Waals surface area (Å²) in [5, 5.41) is 0. The Labute approximate surface area is 190 Å². The highest BCUT2D eigenvalue weighted by molar-refractivity contribution is 5.69. The lowest BCUT2D eigenvalue weighted by Gasteiger charge is -2.45. The van der Waals surface area contributed by atoms with Gasteiger partial charge < -0.3 is 19.3 Å². The van der Waals surface area contributed by atoms with Crippen molar-refractivity contribution in [1.29, 1.82) is 0 Å². The molecule has 0 aliphatic carbocycles. The summed E-state index contributed by atoms with van der Waals surface area (Å²) < 4.78 is 10.7. The van der Waals surface area contributed by atoms with E-state index in [9.17, 15) is 4.79 Å². The molecule has 32 heavy (non-hydrogen) atoms. The number of nitrogens with zero attached hydrogens (tertiary/aromatic N) is 6. The number of carbonyl (C=O) groups is 1.